The lowest BCUT2D eigenvalue weighted by Crippen LogP contribution is -2.47. The Morgan fingerprint density at radius 2 is 2.05 bits per heavy atom. The van der Waals surface area contributed by atoms with Crippen LogP contribution < -0.4 is 10.6 Å². The van der Waals surface area contributed by atoms with E-state index in [0.29, 0.717) is 0 Å². The van der Waals surface area contributed by atoms with Gasteiger partial charge in [-0.25, -0.2) is 0 Å². The Kier molecular flexibility index (Phi) is 7.77. The molecule has 1 heterocycles. The molecular formula is C15H29ClN2O. The van der Waals surface area contributed by atoms with Crippen LogP contribution in [0.4, 0.5) is 0 Å². The minimum atomic E-state index is 0. The summed E-state index contributed by atoms with van der Waals surface area (Å²) in [5.41, 5.74) is 0. The van der Waals surface area contributed by atoms with E-state index in [2.05, 4.69) is 17.6 Å². The molecule has 2 aliphatic rings. The molecule has 0 aromatic heterocycles. The van der Waals surface area contributed by atoms with Crippen molar-refractivity contribution in [2.75, 3.05) is 13.1 Å². The van der Waals surface area contributed by atoms with Gasteiger partial charge in [0.2, 0.25) is 5.91 Å². The van der Waals surface area contributed by atoms with Gasteiger partial charge in [-0.3, -0.25) is 4.79 Å². The molecule has 0 aromatic carbocycles. The molecule has 0 spiro atoms. The predicted molar refractivity (Wildman–Crippen MR) is 81.6 cm³/mol. The summed E-state index contributed by atoms with van der Waals surface area (Å²) in [5, 5.41) is 6.42. The van der Waals surface area contributed by atoms with Crippen molar-refractivity contribution >= 4 is 18.3 Å². The van der Waals surface area contributed by atoms with Gasteiger partial charge in [0.25, 0.3) is 0 Å². The molecule has 1 aliphatic carbocycles. The quantitative estimate of drug-likeness (QED) is 0.835. The smallest absolute Gasteiger partial charge is 0.237 e. The molecule has 2 unspecified atom stereocenters. The van der Waals surface area contributed by atoms with E-state index in [1.807, 2.05) is 0 Å². The molecule has 0 radical (unpaired) electrons. The second kappa shape index (κ2) is 8.80. The molecule has 19 heavy (non-hydrogen) atoms. The first kappa shape index (κ1) is 16.8. The summed E-state index contributed by atoms with van der Waals surface area (Å²) in [6, 6.07) is 0.0732. The minimum Gasteiger partial charge on any atom is -0.355 e. The van der Waals surface area contributed by atoms with Gasteiger partial charge in [0.15, 0.2) is 0 Å². The zero-order chi connectivity index (χ0) is 12.8. The highest BCUT2D eigenvalue weighted by atomic mass is 35.5. The number of nitrogens with one attached hydrogen (secondary N) is 2. The van der Waals surface area contributed by atoms with E-state index in [9.17, 15) is 4.79 Å². The van der Waals surface area contributed by atoms with Gasteiger partial charge in [-0.15, -0.1) is 12.4 Å². The average molecular weight is 289 g/mol. The molecule has 0 bridgehead atoms. The van der Waals surface area contributed by atoms with Gasteiger partial charge in [0.1, 0.15) is 0 Å². The van der Waals surface area contributed by atoms with E-state index in [1.54, 1.807) is 0 Å². The van der Waals surface area contributed by atoms with Crippen molar-refractivity contribution in [3.63, 3.8) is 0 Å². The maximum Gasteiger partial charge on any atom is 0.237 e. The first-order valence-corrected chi connectivity index (χ1v) is 7.77. The van der Waals surface area contributed by atoms with Crippen molar-refractivity contribution < 1.29 is 4.79 Å². The van der Waals surface area contributed by atoms with Crippen molar-refractivity contribution in [3.8, 4) is 0 Å². The van der Waals surface area contributed by atoms with Crippen LogP contribution >= 0.6 is 12.4 Å². The number of carbonyl (C=O) groups excluding carboxylic acids is 1. The number of rotatable bonds is 4. The standard InChI is InChI=1S/C15H28N2O.ClH/c1-12-5-4-6-13(11-12)8-10-17-15(18)14-7-2-3-9-16-14;/h12-14,16H,2-11H2,1H3,(H,17,18);1H/t12?,13?,14-;/m0./s1. The molecule has 2 rings (SSSR count). The SMILES string of the molecule is CC1CCCC(CCNC(=O)[C@@H]2CCCCN2)C1.Cl. The second-order valence-corrected chi connectivity index (χ2v) is 6.22. The van der Waals surface area contributed by atoms with Crippen LogP contribution in [0.15, 0.2) is 0 Å². The third kappa shape index (κ3) is 5.70. The Morgan fingerprint density at radius 1 is 1.21 bits per heavy atom. The molecule has 3 nitrogen and oxygen atoms in total. The van der Waals surface area contributed by atoms with Crippen LogP contribution in [0.2, 0.25) is 0 Å². The van der Waals surface area contributed by atoms with Gasteiger partial charge in [-0.2, -0.15) is 0 Å². The Balaban J connectivity index is 0.00000180. The van der Waals surface area contributed by atoms with Gasteiger partial charge >= 0.3 is 0 Å². The van der Waals surface area contributed by atoms with Crippen LogP contribution in [-0.4, -0.2) is 25.0 Å². The summed E-state index contributed by atoms with van der Waals surface area (Å²) in [6.07, 6.45) is 10.1. The number of hydrogen-bond acceptors (Lipinski definition) is 2. The Hall–Kier alpha value is -0.280. The van der Waals surface area contributed by atoms with Crippen LogP contribution in [0.25, 0.3) is 0 Å². The molecule has 2 N–H and O–H groups in total. The van der Waals surface area contributed by atoms with Crippen LogP contribution in [-0.2, 0) is 4.79 Å². The summed E-state index contributed by atoms with van der Waals surface area (Å²) in [4.78, 5) is 11.9. The number of carbonyl (C=O) groups is 1. The highest BCUT2D eigenvalue weighted by molar-refractivity contribution is 5.85. The van der Waals surface area contributed by atoms with Gasteiger partial charge < -0.3 is 10.6 Å². The monoisotopic (exact) mass is 288 g/mol. The zero-order valence-electron chi connectivity index (χ0n) is 12.1. The van der Waals surface area contributed by atoms with Crippen molar-refractivity contribution in [1.29, 1.82) is 0 Å². The van der Waals surface area contributed by atoms with E-state index >= 15 is 0 Å². The van der Waals surface area contributed by atoms with Crippen LogP contribution in [0.5, 0.6) is 0 Å². The van der Waals surface area contributed by atoms with Gasteiger partial charge in [0, 0.05) is 6.54 Å². The topological polar surface area (TPSA) is 41.1 Å². The van der Waals surface area contributed by atoms with Crippen LogP contribution in [0.3, 0.4) is 0 Å². The first-order chi connectivity index (χ1) is 8.75. The lowest BCUT2D eigenvalue weighted by atomic mass is 9.81. The van der Waals surface area contributed by atoms with Crippen molar-refractivity contribution in [2.45, 2.75) is 64.3 Å². The number of hydrogen-bond donors (Lipinski definition) is 2. The van der Waals surface area contributed by atoms with Gasteiger partial charge in [-0.05, 0) is 44.1 Å². The fourth-order valence-electron chi connectivity index (χ4n) is 3.42. The largest absolute Gasteiger partial charge is 0.355 e. The third-order valence-electron chi connectivity index (χ3n) is 4.52. The number of halogens is 1. The molecule has 1 amide bonds. The van der Waals surface area contributed by atoms with E-state index in [-0.39, 0.29) is 24.4 Å². The summed E-state index contributed by atoms with van der Waals surface area (Å²) in [6.45, 7) is 4.23. The predicted octanol–water partition coefficient (Wildman–Crippen LogP) is 2.88. The van der Waals surface area contributed by atoms with E-state index < -0.39 is 0 Å². The Labute approximate surface area is 123 Å². The van der Waals surface area contributed by atoms with E-state index in [0.717, 1.165) is 31.3 Å². The van der Waals surface area contributed by atoms with Crippen molar-refractivity contribution in [2.24, 2.45) is 11.8 Å². The lowest BCUT2D eigenvalue weighted by molar-refractivity contribution is -0.123. The van der Waals surface area contributed by atoms with Gasteiger partial charge in [0.05, 0.1) is 6.04 Å². The molecule has 0 aromatic rings. The summed E-state index contributed by atoms with van der Waals surface area (Å²) >= 11 is 0. The summed E-state index contributed by atoms with van der Waals surface area (Å²) in [7, 11) is 0. The highest BCUT2D eigenvalue weighted by Crippen LogP contribution is 2.30. The lowest BCUT2D eigenvalue weighted by Gasteiger charge is -2.27. The van der Waals surface area contributed by atoms with E-state index in [1.165, 1.54) is 44.9 Å². The number of piperidine rings is 1. The minimum absolute atomic E-state index is 0. The Bertz CT molecular complexity index is 267. The molecule has 4 heteroatoms. The van der Waals surface area contributed by atoms with Crippen molar-refractivity contribution in [1.82, 2.24) is 10.6 Å². The Morgan fingerprint density at radius 3 is 2.74 bits per heavy atom. The normalized spacial score (nSPS) is 31.3. The molecule has 2 fully saturated rings. The average Bonchev–Trinajstić information content (AvgIpc) is 2.40. The first-order valence-electron chi connectivity index (χ1n) is 7.77. The zero-order valence-corrected chi connectivity index (χ0v) is 12.9. The maximum atomic E-state index is 11.9. The second-order valence-electron chi connectivity index (χ2n) is 6.22. The van der Waals surface area contributed by atoms with Crippen LogP contribution in [0, 0.1) is 11.8 Å². The third-order valence-corrected chi connectivity index (χ3v) is 4.52. The summed E-state index contributed by atoms with van der Waals surface area (Å²) in [5.74, 6) is 1.95. The highest BCUT2D eigenvalue weighted by Gasteiger charge is 2.21. The molecule has 3 atom stereocenters. The molecule has 112 valence electrons. The molecule has 1 saturated heterocycles. The molecule has 1 saturated carbocycles. The number of amides is 1. The van der Waals surface area contributed by atoms with E-state index in [4.69, 9.17) is 0 Å². The summed E-state index contributed by atoms with van der Waals surface area (Å²) < 4.78 is 0. The van der Waals surface area contributed by atoms with Crippen LogP contribution in [0.1, 0.15) is 58.3 Å². The molecular weight excluding hydrogens is 260 g/mol. The fourth-order valence-corrected chi connectivity index (χ4v) is 3.42. The van der Waals surface area contributed by atoms with Crippen molar-refractivity contribution in [3.05, 3.63) is 0 Å². The maximum absolute atomic E-state index is 11.9. The fraction of sp³-hybridized carbons (Fsp3) is 0.933. The molecule has 1 aliphatic heterocycles. The van der Waals surface area contributed by atoms with Gasteiger partial charge in [-0.1, -0.05) is 32.6 Å².